The van der Waals surface area contributed by atoms with Crippen molar-refractivity contribution in [3.63, 3.8) is 0 Å². The highest BCUT2D eigenvalue weighted by Crippen LogP contribution is 2.16. The fourth-order valence-electron chi connectivity index (χ4n) is 1.43. The van der Waals surface area contributed by atoms with Gasteiger partial charge in [-0.2, -0.15) is 0 Å². The van der Waals surface area contributed by atoms with Crippen LogP contribution in [0.4, 0.5) is 0 Å². The van der Waals surface area contributed by atoms with Crippen LogP contribution in [0.3, 0.4) is 0 Å². The monoisotopic (exact) mass is 189 g/mol. The Morgan fingerprint density at radius 1 is 1.57 bits per heavy atom. The molecule has 0 atom stereocenters. The highest BCUT2D eigenvalue weighted by molar-refractivity contribution is 5.91. The van der Waals surface area contributed by atoms with Gasteiger partial charge in [-0.3, -0.25) is 0 Å². The van der Waals surface area contributed by atoms with Gasteiger partial charge < -0.3 is 4.74 Å². The molecule has 1 rings (SSSR count). The van der Waals surface area contributed by atoms with Gasteiger partial charge in [0.1, 0.15) is 0 Å². The summed E-state index contributed by atoms with van der Waals surface area (Å²) >= 11 is 0. The van der Waals surface area contributed by atoms with Gasteiger partial charge in [0.2, 0.25) is 0 Å². The third-order valence-electron chi connectivity index (χ3n) is 2.13. The highest BCUT2D eigenvalue weighted by Gasteiger charge is 2.11. The number of benzene rings is 1. The summed E-state index contributed by atoms with van der Waals surface area (Å²) in [5.41, 5.74) is 2.41. The zero-order valence-corrected chi connectivity index (χ0v) is 8.46. The molecule has 73 valence electrons. The second-order valence-corrected chi connectivity index (χ2v) is 2.85. The quantitative estimate of drug-likeness (QED) is 0.682. The summed E-state index contributed by atoms with van der Waals surface area (Å²) in [5, 5.41) is 0. The Hall–Kier alpha value is -1.57. The van der Waals surface area contributed by atoms with Gasteiger partial charge in [0.15, 0.2) is 0 Å². The van der Waals surface area contributed by atoms with E-state index in [-0.39, 0.29) is 5.97 Å². The van der Waals surface area contributed by atoms with Gasteiger partial charge in [0.05, 0.1) is 12.7 Å². The molecule has 0 fully saturated rings. The van der Waals surface area contributed by atoms with Gasteiger partial charge in [0, 0.05) is 0 Å². The topological polar surface area (TPSA) is 26.3 Å². The maximum Gasteiger partial charge on any atom is 0.338 e. The maximum absolute atomic E-state index is 11.4. The molecule has 0 N–H and O–H groups in total. The molecule has 0 amide bonds. The van der Waals surface area contributed by atoms with Crippen molar-refractivity contribution >= 4 is 5.97 Å². The van der Waals surface area contributed by atoms with Crippen LogP contribution in [0.1, 0.15) is 28.4 Å². The number of ether oxygens (including phenoxy) is 1. The van der Waals surface area contributed by atoms with Crippen LogP contribution in [-0.4, -0.2) is 13.1 Å². The molecule has 14 heavy (non-hydrogen) atoms. The molecule has 2 nitrogen and oxygen atoms in total. The number of hydrogen-bond acceptors (Lipinski definition) is 2. The van der Waals surface area contributed by atoms with Crippen LogP contribution in [0, 0.1) is 6.08 Å². The van der Waals surface area contributed by atoms with E-state index in [1.165, 1.54) is 7.11 Å². The maximum atomic E-state index is 11.4. The van der Waals surface area contributed by atoms with Gasteiger partial charge in [0.25, 0.3) is 0 Å². The van der Waals surface area contributed by atoms with E-state index in [4.69, 9.17) is 4.74 Å². The van der Waals surface area contributed by atoms with Crippen LogP contribution in [-0.2, 0) is 11.2 Å². The Kier molecular flexibility index (Phi) is 3.46. The van der Waals surface area contributed by atoms with E-state index >= 15 is 0 Å². The lowest BCUT2D eigenvalue weighted by Gasteiger charge is -2.08. The lowest BCUT2D eigenvalue weighted by Crippen LogP contribution is -2.06. The SMILES string of the molecule is C=[C]c1cccc(C(=O)OC)c1CC. The summed E-state index contributed by atoms with van der Waals surface area (Å²) in [4.78, 5) is 11.4. The molecule has 0 aliphatic heterocycles. The highest BCUT2D eigenvalue weighted by atomic mass is 16.5. The molecule has 0 bridgehead atoms. The van der Waals surface area contributed by atoms with Crippen molar-refractivity contribution in [3.8, 4) is 0 Å². The smallest absolute Gasteiger partial charge is 0.338 e. The van der Waals surface area contributed by atoms with E-state index in [1.807, 2.05) is 13.0 Å². The van der Waals surface area contributed by atoms with E-state index in [9.17, 15) is 4.79 Å². The van der Waals surface area contributed by atoms with E-state index < -0.39 is 0 Å². The molecule has 0 aliphatic carbocycles. The first kappa shape index (κ1) is 10.5. The standard InChI is InChI=1S/C12H13O2/c1-4-9-7-6-8-11(10(9)5-2)12(13)14-3/h6-8H,1,5H2,2-3H3. The summed E-state index contributed by atoms with van der Waals surface area (Å²) in [6.07, 6.45) is 3.58. The minimum atomic E-state index is -0.307. The van der Waals surface area contributed by atoms with Crippen LogP contribution in [0.25, 0.3) is 0 Å². The van der Waals surface area contributed by atoms with Crippen molar-refractivity contribution in [1.29, 1.82) is 0 Å². The van der Waals surface area contributed by atoms with Gasteiger partial charge in [-0.15, -0.1) is 0 Å². The van der Waals surface area contributed by atoms with Gasteiger partial charge in [-0.1, -0.05) is 25.6 Å². The average molecular weight is 189 g/mol. The summed E-state index contributed by atoms with van der Waals surface area (Å²) in [6.45, 7) is 5.58. The van der Waals surface area contributed by atoms with Crippen molar-refractivity contribution in [2.75, 3.05) is 7.11 Å². The minimum Gasteiger partial charge on any atom is -0.465 e. The molecular formula is C12H13O2. The second-order valence-electron chi connectivity index (χ2n) is 2.85. The third kappa shape index (κ3) is 1.84. The Morgan fingerprint density at radius 3 is 2.79 bits per heavy atom. The molecule has 0 aliphatic rings. The lowest BCUT2D eigenvalue weighted by molar-refractivity contribution is 0.0599. The van der Waals surface area contributed by atoms with E-state index in [2.05, 4.69) is 12.7 Å². The van der Waals surface area contributed by atoms with Gasteiger partial charge >= 0.3 is 5.97 Å². The molecule has 0 saturated carbocycles. The normalized spacial score (nSPS) is 9.57. The molecule has 1 radical (unpaired) electrons. The molecule has 1 aromatic carbocycles. The minimum absolute atomic E-state index is 0.307. The zero-order chi connectivity index (χ0) is 10.6. The Morgan fingerprint density at radius 2 is 2.29 bits per heavy atom. The third-order valence-corrected chi connectivity index (χ3v) is 2.13. The summed E-state index contributed by atoms with van der Waals surface area (Å²) in [7, 11) is 1.38. The zero-order valence-electron chi connectivity index (χ0n) is 8.46. The Bertz CT molecular complexity index is 353. The molecule has 0 heterocycles. The van der Waals surface area contributed by atoms with E-state index in [0.717, 1.165) is 17.5 Å². The number of carbonyl (C=O) groups excluding carboxylic acids is 1. The Labute approximate surface area is 84.2 Å². The predicted octanol–water partition coefficient (Wildman–Crippen LogP) is 2.37. The number of rotatable bonds is 3. The Balaban J connectivity index is 3.28. The molecule has 0 saturated heterocycles. The second kappa shape index (κ2) is 4.61. The fraction of sp³-hybridized carbons (Fsp3) is 0.250. The predicted molar refractivity (Wildman–Crippen MR) is 55.1 cm³/mol. The number of carbonyl (C=O) groups is 1. The lowest BCUT2D eigenvalue weighted by atomic mass is 9.99. The first-order chi connectivity index (χ1) is 6.74. The first-order valence-electron chi connectivity index (χ1n) is 4.47. The molecule has 2 heteroatoms. The molecule has 0 aromatic heterocycles. The van der Waals surface area contributed by atoms with Crippen molar-refractivity contribution in [1.82, 2.24) is 0 Å². The molecule has 0 unspecified atom stereocenters. The van der Waals surface area contributed by atoms with Crippen molar-refractivity contribution in [3.05, 3.63) is 47.5 Å². The van der Waals surface area contributed by atoms with Gasteiger partial charge in [-0.05, 0) is 29.7 Å². The van der Waals surface area contributed by atoms with Crippen LogP contribution < -0.4 is 0 Å². The van der Waals surface area contributed by atoms with Gasteiger partial charge in [-0.25, -0.2) is 4.79 Å². The van der Waals surface area contributed by atoms with E-state index in [1.54, 1.807) is 12.1 Å². The van der Waals surface area contributed by atoms with Crippen LogP contribution in [0.15, 0.2) is 24.8 Å². The molecular weight excluding hydrogens is 176 g/mol. The summed E-state index contributed by atoms with van der Waals surface area (Å²) in [5.74, 6) is -0.307. The van der Waals surface area contributed by atoms with Crippen molar-refractivity contribution < 1.29 is 9.53 Å². The van der Waals surface area contributed by atoms with Crippen LogP contribution >= 0.6 is 0 Å². The molecule has 1 aromatic rings. The largest absolute Gasteiger partial charge is 0.465 e. The summed E-state index contributed by atoms with van der Waals surface area (Å²) in [6, 6.07) is 5.45. The number of methoxy groups -OCH3 is 1. The average Bonchev–Trinajstić information content (AvgIpc) is 2.26. The number of hydrogen-bond donors (Lipinski definition) is 0. The van der Waals surface area contributed by atoms with Crippen molar-refractivity contribution in [2.24, 2.45) is 0 Å². The van der Waals surface area contributed by atoms with Crippen LogP contribution in [0.2, 0.25) is 0 Å². The molecule has 0 spiro atoms. The van der Waals surface area contributed by atoms with Crippen molar-refractivity contribution in [2.45, 2.75) is 13.3 Å². The number of esters is 1. The van der Waals surface area contributed by atoms with Crippen LogP contribution in [0.5, 0.6) is 0 Å². The fourth-order valence-corrected chi connectivity index (χ4v) is 1.43. The van der Waals surface area contributed by atoms with E-state index in [0.29, 0.717) is 5.56 Å². The summed E-state index contributed by atoms with van der Waals surface area (Å²) < 4.78 is 4.69. The first-order valence-corrected chi connectivity index (χ1v) is 4.47.